The predicted octanol–water partition coefficient (Wildman–Crippen LogP) is 2.75. The van der Waals surface area contributed by atoms with Gasteiger partial charge in [-0.1, -0.05) is 36.8 Å². The van der Waals surface area contributed by atoms with E-state index in [1.54, 1.807) is 0 Å². The molecule has 2 aliphatic rings. The number of imidazole rings is 1. The fourth-order valence-corrected chi connectivity index (χ4v) is 3.61. The quantitative estimate of drug-likeness (QED) is 0.853. The fraction of sp³-hybridized carbons (Fsp3) is 0.474. The summed E-state index contributed by atoms with van der Waals surface area (Å²) in [7, 11) is 0. The van der Waals surface area contributed by atoms with Gasteiger partial charge in [0.15, 0.2) is 0 Å². The van der Waals surface area contributed by atoms with Gasteiger partial charge in [0.1, 0.15) is 11.5 Å². The zero-order chi connectivity index (χ0) is 16.4. The number of hydrogen-bond donors (Lipinski definition) is 0. The van der Waals surface area contributed by atoms with Gasteiger partial charge in [-0.3, -0.25) is 4.79 Å². The maximum Gasteiger partial charge on any atom is 0.274 e. The van der Waals surface area contributed by atoms with Gasteiger partial charge in [-0.15, -0.1) is 0 Å². The summed E-state index contributed by atoms with van der Waals surface area (Å²) >= 11 is 0. The molecule has 1 fully saturated rings. The average molecular weight is 325 g/mol. The SMILES string of the molecule is O=C(c1nc(-c2ccccc2)n2c1CCCCC2)N1CCOCC1. The maximum atomic E-state index is 13.0. The smallest absolute Gasteiger partial charge is 0.274 e. The molecule has 1 aromatic carbocycles. The van der Waals surface area contributed by atoms with E-state index >= 15 is 0 Å². The minimum atomic E-state index is 0.0612. The van der Waals surface area contributed by atoms with Gasteiger partial charge >= 0.3 is 0 Å². The van der Waals surface area contributed by atoms with Crippen molar-refractivity contribution in [1.29, 1.82) is 0 Å². The minimum absolute atomic E-state index is 0.0612. The Hall–Kier alpha value is -2.14. The van der Waals surface area contributed by atoms with Crippen LogP contribution in [0.1, 0.15) is 35.4 Å². The summed E-state index contributed by atoms with van der Waals surface area (Å²) in [4.78, 5) is 19.7. The predicted molar refractivity (Wildman–Crippen MR) is 91.9 cm³/mol. The van der Waals surface area contributed by atoms with Gasteiger partial charge in [0.05, 0.1) is 18.9 Å². The lowest BCUT2D eigenvalue weighted by molar-refractivity contribution is 0.0298. The van der Waals surface area contributed by atoms with Crippen molar-refractivity contribution in [2.45, 2.75) is 32.2 Å². The molecule has 1 saturated heterocycles. The molecule has 0 atom stereocenters. The molecule has 0 unspecified atom stereocenters. The van der Waals surface area contributed by atoms with Crippen LogP contribution in [0.2, 0.25) is 0 Å². The molecule has 5 heteroatoms. The molecular weight excluding hydrogens is 302 g/mol. The van der Waals surface area contributed by atoms with Gasteiger partial charge in [0, 0.05) is 25.2 Å². The second-order valence-corrected chi connectivity index (χ2v) is 6.46. The van der Waals surface area contributed by atoms with Gasteiger partial charge in [0.2, 0.25) is 0 Å². The Bertz CT molecular complexity index is 718. The minimum Gasteiger partial charge on any atom is -0.378 e. The summed E-state index contributed by atoms with van der Waals surface area (Å²) < 4.78 is 7.65. The number of carbonyl (C=O) groups excluding carboxylic acids is 1. The topological polar surface area (TPSA) is 47.4 Å². The molecule has 1 amide bonds. The first kappa shape index (κ1) is 15.4. The third-order valence-corrected chi connectivity index (χ3v) is 4.90. The molecule has 2 aliphatic heterocycles. The second kappa shape index (κ2) is 6.77. The van der Waals surface area contributed by atoms with Crippen molar-refractivity contribution in [2.24, 2.45) is 0 Å². The summed E-state index contributed by atoms with van der Waals surface area (Å²) in [6, 6.07) is 10.2. The second-order valence-electron chi connectivity index (χ2n) is 6.46. The normalized spacial score (nSPS) is 18.1. The van der Waals surface area contributed by atoms with Crippen molar-refractivity contribution in [2.75, 3.05) is 26.3 Å². The zero-order valence-electron chi connectivity index (χ0n) is 13.9. The molecule has 4 rings (SSSR count). The Morgan fingerprint density at radius 3 is 2.58 bits per heavy atom. The molecule has 5 nitrogen and oxygen atoms in total. The van der Waals surface area contributed by atoms with Gasteiger partial charge in [-0.05, 0) is 19.3 Å². The number of morpholine rings is 1. The van der Waals surface area contributed by atoms with E-state index in [1.807, 2.05) is 23.1 Å². The molecule has 0 saturated carbocycles. The van der Waals surface area contributed by atoms with Crippen LogP contribution in [0.5, 0.6) is 0 Å². The molecule has 126 valence electrons. The van der Waals surface area contributed by atoms with Crippen LogP contribution in [0.3, 0.4) is 0 Å². The summed E-state index contributed by atoms with van der Waals surface area (Å²) in [5.41, 5.74) is 2.85. The van der Waals surface area contributed by atoms with Crippen LogP contribution >= 0.6 is 0 Å². The third kappa shape index (κ3) is 2.84. The molecule has 0 N–H and O–H groups in total. The number of benzene rings is 1. The molecular formula is C19H23N3O2. The van der Waals surface area contributed by atoms with Crippen LogP contribution in [0, 0.1) is 0 Å². The van der Waals surface area contributed by atoms with Crippen LogP contribution in [0.25, 0.3) is 11.4 Å². The van der Waals surface area contributed by atoms with Gasteiger partial charge in [-0.2, -0.15) is 0 Å². The highest BCUT2D eigenvalue weighted by molar-refractivity contribution is 5.94. The number of rotatable bonds is 2. The number of fused-ring (bicyclic) bond motifs is 1. The van der Waals surface area contributed by atoms with Crippen molar-refractivity contribution in [3.63, 3.8) is 0 Å². The van der Waals surface area contributed by atoms with Gasteiger partial charge in [0.25, 0.3) is 5.91 Å². The van der Waals surface area contributed by atoms with E-state index < -0.39 is 0 Å². The Labute approximate surface area is 142 Å². The lowest BCUT2D eigenvalue weighted by Crippen LogP contribution is -2.41. The number of hydrogen-bond acceptors (Lipinski definition) is 3. The molecule has 2 aromatic rings. The summed E-state index contributed by atoms with van der Waals surface area (Å²) in [5, 5.41) is 0. The van der Waals surface area contributed by atoms with Crippen LogP contribution < -0.4 is 0 Å². The highest BCUT2D eigenvalue weighted by atomic mass is 16.5. The monoisotopic (exact) mass is 325 g/mol. The van der Waals surface area contributed by atoms with Crippen molar-refractivity contribution >= 4 is 5.91 Å². The Balaban J connectivity index is 1.76. The molecule has 3 heterocycles. The summed E-state index contributed by atoms with van der Waals surface area (Å²) in [6.45, 7) is 3.50. The first-order valence-electron chi connectivity index (χ1n) is 8.86. The number of amides is 1. The molecule has 0 spiro atoms. The summed E-state index contributed by atoms with van der Waals surface area (Å²) in [5.74, 6) is 0.996. The number of carbonyl (C=O) groups is 1. The Kier molecular flexibility index (Phi) is 4.34. The zero-order valence-corrected chi connectivity index (χ0v) is 13.9. The van der Waals surface area contributed by atoms with Crippen LogP contribution in [-0.4, -0.2) is 46.7 Å². The number of nitrogens with zero attached hydrogens (tertiary/aromatic N) is 3. The first-order chi connectivity index (χ1) is 11.8. The van der Waals surface area contributed by atoms with E-state index in [-0.39, 0.29) is 5.91 Å². The van der Waals surface area contributed by atoms with Crippen LogP contribution in [-0.2, 0) is 17.7 Å². The van der Waals surface area contributed by atoms with E-state index in [0.29, 0.717) is 32.0 Å². The van der Waals surface area contributed by atoms with Crippen molar-refractivity contribution < 1.29 is 9.53 Å². The Morgan fingerprint density at radius 1 is 1.00 bits per heavy atom. The highest BCUT2D eigenvalue weighted by Gasteiger charge is 2.28. The molecule has 1 aromatic heterocycles. The number of ether oxygens (including phenoxy) is 1. The van der Waals surface area contributed by atoms with Crippen molar-refractivity contribution in [1.82, 2.24) is 14.5 Å². The van der Waals surface area contributed by atoms with E-state index in [1.165, 1.54) is 6.42 Å². The Morgan fingerprint density at radius 2 is 1.79 bits per heavy atom. The van der Waals surface area contributed by atoms with E-state index in [2.05, 4.69) is 16.7 Å². The molecule has 0 aliphatic carbocycles. The van der Waals surface area contributed by atoms with Crippen LogP contribution in [0.15, 0.2) is 30.3 Å². The van der Waals surface area contributed by atoms with Crippen molar-refractivity contribution in [3.8, 4) is 11.4 Å². The fourth-order valence-electron chi connectivity index (χ4n) is 3.61. The van der Waals surface area contributed by atoms with E-state index in [0.717, 1.165) is 42.9 Å². The standard InChI is InChI=1S/C19H23N3O2/c23-19(21-11-13-24-14-12-21)17-16-9-5-2-6-10-22(16)18(20-17)15-7-3-1-4-8-15/h1,3-4,7-8H,2,5-6,9-14H2. The van der Waals surface area contributed by atoms with E-state index in [9.17, 15) is 4.79 Å². The number of aromatic nitrogens is 2. The molecule has 0 radical (unpaired) electrons. The lowest BCUT2D eigenvalue weighted by atomic mass is 10.1. The summed E-state index contributed by atoms with van der Waals surface area (Å²) in [6.07, 6.45) is 4.42. The molecule has 24 heavy (non-hydrogen) atoms. The van der Waals surface area contributed by atoms with Gasteiger partial charge in [-0.25, -0.2) is 4.98 Å². The maximum absolute atomic E-state index is 13.0. The average Bonchev–Trinajstić information content (AvgIpc) is 2.84. The van der Waals surface area contributed by atoms with E-state index in [4.69, 9.17) is 9.72 Å². The largest absolute Gasteiger partial charge is 0.378 e. The van der Waals surface area contributed by atoms with Crippen LogP contribution in [0.4, 0.5) is 0 Å². The third-order valence-electron chi connectivity index (χ3n) is 4.90. The molecule has 0 bridgehead atoms. The highest BCUT2D eigenvalue weighted by Crippen LogP contribution is 2.28. The lowest BCUT2D eigenvalue weighted by Gasteiger charge is -2.26. The van der Waals surface area contributed by atoms with Crippen molar-refractivity contribution in [3.05, 3.63) is 41.7 Å². The first-order valence-corrected chi connectivity index (χ1v) is 8.86. The van der Waals surface area contributed by atoms with Gasteiger partial charge < -0.3 is 14.2 Å².